The fourth-order valence-electron chi connectivity index (χ4n) is 3.35. The number of methoxy groups -OCH3 is 2. The maximum absolute atomic E-state index is 12.7. The first-order chi connectivity index (χ1) is 14.0. The molecule has 0 saturated heterocycles. The summed E-state index contributed by atoms with van der Waals surface area (Å²) in [5.74, 6) is 2.03. The monoisotopic (exact) mass is 414 g/mol. The molecule has 3 rings (SSSR count). The minimum atomic E-state index is -0.269. The summed E-state index contributed by atoms with van der Waals surface area (Å²) in [4.78, 5) is 28.1. The first-order valence-corrected chi connectivity index (χ1v) is 10.6. The highest BCUT2D eigenvalue weighted by molar-refractivity contribution is 7.99. The molecular weight excluding hydrogens is 388 g/mol. The summed E-state index contributed by atoms with van der Waals surface area (Å²) in [7, 11) is 3.19. The highest BCUT2D eigenvalue weighted by Gasteiger charge is 2.23. The second-order valence-corrected chi connectivity index (χ2v) is 7.90. The molecule has 1 aliphatic heterocycles. The molecule has 6 nitrogen and oxygen atoms in total. The topological polar surface area (TPSA) is 67.9 Å². The van der Waals surface area contributed by atoms with E-state index in [4.69, 9.17) is 9.47 Å². The predicted molar refractivity (Wildman–Crippen MR) is 115 cm³/mol. The van der Waals surface area contributed by atoms with Crippen molar-refractivity contribution in [2.24, 2.45) is 0 Å². The van der Waals surface area contributed by atoms with E-state index in [1.807, 2.05) is 49.4 Å². The molecule has 0 aromatic heterocycles. The predicted octanol–water partition coefficient (Wildman–Crippen LogP) is 3.80. The molecular formula is C22H26N2O4S. The van der Waals surface area contributed by atoms with Gasteiger partial charge in [0, 0.05) is 35.6 Å². The Morgan fingerprint density at radius 2 is 1.93 bits per heavy atom. The second kappa shape index (κ2) is 9.69. The third-order valence-electron chi connectivity index (χ3n) is 4.88. The van der Waals surface area contributed by atoms with Crippen LogP contribution in [0.3, 0.4) is 0 Å². The van der Waals surface area contributed by atoms with Crippen molar-refractivity contribution in [2.45, 2.75) is 30.7 Å². The number of ether oxygens (including phenoxy) is 2. The Hall–Kier alpha value is -2.67. The number of para-hydroxylation sites is 1. The van der Waals surface area contributed by atoms with Crippen LogP contribution < -0.4 is 19.7 Å². The molecule has 2 amide bonds. The van der Waals surface area contributed by atoms with Crippen LogP contribution >= 0.6 is 11.8 Å². The van der Waals surface area contributed by atoms with E-state index in [2.05, 4.69) is 5.32 Å². The maximum Gasteiger partial charge on any atom is 0.227 e. The largest absolute Gasteiger partial charge is 0.497 e. The quantitative estimate of drug-likeness (QED) is 0.746. The molecule has 0 aliphatic carbocycles. The van der Waals surface area contributed by atoms with Crippen LogP contribution in [0, 0.1) is 0 Å². The van der Waals surface area contributed by atoms with Crippen molar-refractivity contribution in [3.63, 3.8) is 0 Å². The molecule has 0 saturated carbocycles. The highest BCUT2D eigenvalue weighted by Crippen LogP contribution is 2.34. The number of rotatable bonds is 7. The smallest absolute Gasteiger partial charge is 0.227 e. The van der Waals surface area contributed by atoms with Gasteiger partial charge in [-0.15, -0.1) is 11.8 Å². The first kappa shape index (κ1) is 21.0. The minimum absolute atomic E-state index is 0.0282. The molecule has 0 bridgehead atoms. The molecule has 1 unspecified atom stereocenters. The lowest BCUT2D eigenvalue weighted by molar-refractivity contribution is -0.125. The van der Waals surface area contributed by atoms with Crippen LogP contribution in [-0.4, -0.2) is 38.3 Å². The molecule has 2 aromatic carbocycles. The van der Waals surface area contributed by atoms with E-state index >= 15 is 0 Å². The van der Waals surface area contributed by atoms with Crippen LogP contribution in [0.5, 0.6) is 11.5 Å². The van der Waals surface area contributed by atoms with Gasteiger partial charge in [-0.05, 0) is 37.3 Å². The van der Waals surface area contributed by atoms with E-state index in [1.54, 1.807) is 30.9 Å². The first-order valence-electron chi connectivity index (χ1n) is 9.57. The van der Waals surface area contributed by atoms with Gasteiger partial charge >= 0.3 is 0 Å². The number of benzene rings is 2. The standard InChI is InChI=1S/C22H26N2O4S/c1-15(17-14-16(27-2)8-9-19(17)28-3)23-21(25)10-11-22(26)24-12-13-29-20-7-5-4-6-18(20)24/h4-9,14-15H,10-13H2,1-3H3,(H,23,25). The molecule has 0 radical (unpaired) electrons. The Morgan fingerprint density at radius 1 is 1.14 bits per heavy atom. The average molecular weight is 415 g/mol. The number of amides is 2. The number of nitrogens with one attached hydrogen (secondary N) is 1. The zero-order chi connectivity index (χ0) is 20.8. The van der Waals surface area contributed by atoms with Gasteiger partial charge in [-0.1, -0.05) is 12.1 Å². The van der Waals surface area contributed by atoms with E-state index < -0.39 is 0 Å². The zero-order valence-electron chi connectivity index (χ0n) is 16.9. The van der Waals surface area contributed by atoms with Gasteiger partial charge in [-0.2, -0.15) is 0 Å². The molecule has 1 N–H and O–H groups in total. The van der Waals surface area contributed by atoms with E-state index in [9.17, 15) is 9.59 Å². The van der Waals surface area contributed by atoms with E-state index in [0.29, 0.717) is 18.0 Å². The SMILES string of the molecule is COc1ccc(OC)c(C(C)NC(=O)CCC(=O)N2CCSc3ccccc32)c1. The van der Waals surface area contributed by atoms with Crippen molar-refractivity contribution in [1.82, 2.24) is 5.32 Å². The maximum atomic E-state index is 12.7. The van der Waals surface area contributed by atoms with Crippen molar-refractivity contribution in [3.05, 3.63) is 48.0 Å². The Bertz CT molecular complexity index is 887. The Balaban J connectivity index is 1.58. The number of carbonyl (C=O) groups is 2. The van der Waals surface area contributed by atoms with E-state index in [-0.39, 0.29) is 30.7 Å². The number of nitrogens with zero attached hydrogens (tertiary/aromatic N) is 1. The van der Waals surface area contributed by atoms with Crippen LogP contribution in [0.25, 0.3) is 0 Å². The number of hydrogen-bond donors (Lipinski definition) is 1. The van der Waals surface area contributed by atoms with Gasteiger partial charge in [0.2, 0.25) is 11.8 Å². The summed E-state index contributed by atoms with van der Waals surface area (Å²) in [6.07, 6.45) is 0.314. The molecule has 1 heterocycles. The van der Waals surface area contributed by atoms with Gasteiger partial charge in [0.15, 0.2) is 0 Å². The van der Waals surface area contributed by atoms with Gasteiger partial charge in [0.05, 0.1) is 25.9 Å². The fourth-order valence-corrected chi connectivity index (χ4v) is 4.35. The third-order valence-corrected chi connectivity index (χ3v) is 5.92. The van der Waals surface area contributed by atoms with E-state index in [1.165, 1.54) is 0 Å². The number of carbonyl (C=O) groups excluding carboxylic acids is 2. The molecule has 154 valence electrons. The molecule has 2 aromatic rings. The highest BCUT2D eigenvalue weighted by atomic mass is 32.2. The van der Waals surface area contributed by atoms with Crippen LogP contribution in [0.4, 0.5) is 5.69 Å². The van der Waals surface area contributed by atoms with Crippen LogP contribution in [0.2, 0.25) is 0 Å². The Kier molecular flexibility index (Phi) is 7.04. The van der Waals surface area contributed by atoms with Crippen molar-refractivity contribution in [1.29, 1.82) is 0 Å². The number of fused-ring (bicyclic) bond motifs is 1. The summed E-state index contributed by atoms with van der Waals surface area (Å²) >= 11 is 1.75. The third kappa shape index (κ3) is 5.03. The molecule has 29 heavy (non-hydrogen) atoms. The summed E-state index contributed by atoms with van der Waals surface area (Å²) < 4.78 is 10.7. The van der Waals surface area contributed by atoms with Crippen LogP contribution in [-0.2, 0) is 9.59 Å². The Labute approximate surface area is 175 Å². The molecule has 1 atom stereocenters. The van der Waals surface area contributed by atoms with Crippen LogP contribution in [0.1, 0.15) is 31.4 Å². The lowest BCUT2D eigenvalue weighted by Gasteiger charge is -2.29. The normalized spacial score (nSPS) is 14.0. The van der Waals surface area contributed by atoms with Gasteiger partial charge in [-0.25, -0.2) is 0 Å². The second-order valence-electron chi connectivity index (χ2n) is 6.76. The summed E-state index contributed by atoms with van der Waals surface area (Å²) in [6, 6.07) is 13.1. The van der Waals surface area contributed by atoms with Gasteiger partial charge in [-0.3, -0.25) is 9.59 Å². The van der Waals surface area contributed by atoms with Crippen molar-refractivity contribution < 1.29 is 19.1 Å². The number of anilines is 1. The van der Waals surface area contributed by atoms with Gasteiger partial charge < -0.3 is 19.7 Å². The summed E-state index contributed by atoms with van der Waals surface area (Å²) in [5, 5.41) is 2.95. The fraction of sp³-hybridized carbons (Fsp3) is 0.364. The lowest BCUT2D eigenvalue weighted by Crippen LogP contribution is -2.36. The van der Waals surface area contributed by atoms with Crippen molar-refractivity contribution in [3.8, 4) is 11.5 Å². The van der Waals surface area contributed by atoms with Crippen molar-refractivity contribution in [2.75, 3.05) is 31.4 Å². The summed E-state index contributed by atoms with van der Waals surface area (Å²) in [6.45, 7) is 2.55. The molecule has 0 fully saturated rings. The number of thioether (sulfide) groups is 1. The summed E-state index contributed by atoms with van der Waals surface area (Å²) in [5.41, 5.74) is 1.76. The van der Waals surface area contributed by atoms with E-state index in [0.717, 1.165) is 21.9 Å². The Morgan fingerprint density at radius 3 is 2.69 bits per heavy atom. The molecule has 1 aliphatic rings. The van der Waals surface area contributed by atoms with Gasteiger partial charge in [0.25, 0.3) is 0 Å². The number of hydrogen-bond acceptors (Lipinski definition) is 5. The van der Waals surface area contributed by atoms with Gasteiger partial charge in [0.1, 0.15) is 11.5 Å². The lowest BCUT2D eigenvalue weighted by atomic mass is 10.1. The van der Waals surface area contributed by atoms with Crippen LogP contribution in [0.15, 0.2) is 47.4 Å². The average Bonchev–Trinajstić information content (AvgIpc) is 2.76. The van der Waals surface area contributed by atoms with Crippen molar-refractivity contribution >= 4 is 29.3 Å². The zero-order valence-corrected chi connectivity index (χ0v) is 17.8. The molecule has 0 spiro atoms. The molecule has 7 heteroatoms. The minimum Gasteiger partial charge on any atom is -0.497 e.